The number of rotatable bonds is 10. The number of hydrogen-bond acceptors (Lipinski definition) is 4. The fourth-order valence-corrected chi connectivity index (χ4v) is 3.77. The van der Waals surface area contributed by atoms with Crippen LogP contribution in [0.25, 0.3) is 0 Å². The maximum atomic E-state index is 12.6. The summed E-state index contributed by atoms with van der Waals surface area (Å²) < 4.78 is 57.8. The Labute approximate surface area is 191 Å². The molecule has 0 saturated carbocycles. The van der Waals surface area contributed by atoms with Crippen LogP contribution in [-0.2, 0) is 16.1 Å². The highest BCUT2D eigenvalue weighted by atomic mass is 16.5. The Morgan fingerprint density at radius 3 is 2.37 bits per heavy atom. The Balaban J connectivity index is 2.37. The van der Waals surface area contributed by atoms with Crippen LogP contribution in [0.4, 0.5) is 0 Å². The summed E-state index contributed by atoms with van der Waals surface area (Å²) in [6.07, 6.45) is 0.700. The zero-order valence-electron chi connectivity index (χ0n) is 25.2. The molecular weight excluding hydrogens is 374 g/mol. The molecule has 0 amide bonds. The molecule has 0 fully saturated rings. The van der Waals surface area contributed by atoms with Gasteiger partial charge in [-0.3, -0.25) is 9.69 Å². The second-order valence-electron chi connectivity index (χ2n) is 8.02. The smallest absolute Gasteiger partial charge is 0.308 e. The van der Waals surface area contributed by atoms with Crippen molar-refractivity contribution in [2.45, 2.75) is 72.4 Å². The number of benzene rings is 2. The topological polar surface area (TPSA) is 49.8 Å². The Kier molecular flexibility index (Phi) is 5.76. The molecule has 164 valence electrons. The molecule has 2 aromatic rings. The molecule has 1 unspecified atom stereocenters. The van der Waals surface area contributed by atoms with E-state index in [1.54, 1.807) is 6.07 Å². The molecule has 0 spiro atoms. The van der Waals surface area contributed by atoms with E-state index in [2.05, 4.69) is 32.6 Å². The number of nitrogens with zero attached hydrogens (tertiary/aromatic N) is 1. The third-order valence-corrected chi connectivity index (χ3v) is 5.25. The highest BCUT2D eigenvalue weighted by Gasteiger charge is 2.22. The number of phenols is 1. The van der Waals surface area contributed by atoms with Gasteiger partial charge in [-0.05, 0) is 63.9 Å². The zero-order chi connectivity index (χ0) is 28.2. The molecule has 1 N–H and O–H groups in total. The lowest BCUT2D eigenvalue weighted by atomic mass is 9.86. The molecule has 0 aliphatic heterocycles. The van der Waals surface area contributed by atoms with Crippen molar-refractivity contribution < 1.29 is 24.2 Å². The van der Waals surface area contributed by atoms with Gasteiger partial charge in [0.2, 0.25) is 0 Å². The maximum Gasteiger partial charge on any atom is 0.308 e. The standard InChI is InChI=1S/C26H37NO3/c1-18(2)26(29)30-17-21-12-13-25(28)24(16-21)23(22-10-8-7-9-11-22)14-15-27(19(3)4)20(5)6/h7-13,16,18-20,23,28H,14-15,17H2,1-6H3/i1D3,2D3,18D. The average molecular weight is 419 g/mol. The molecule has 2 aromatic carbocycles. The van der Waals surface area contributed by atoms with Crippen LogP contribution < -0.4 is 0 Å². The third kappa shape index (κ3) is 6.60. The number of hydrogen-bond donors (Lipinski definition) is 1. The first-order chi connectivity index (χ1) is 17.0. The third-order valence-electron chi connectivity index (χ3n) is 5.25. The van der Waals surface area contributed by atoms with Gasteiger partial charge in [0.25, 0.3) is 0 Å². The number of carbonyl (C=O) groups is 1. The molecule has 0 aromatic heterocycles. The molecule has 0 bridgehead atoms. The Morgan fingerprint density at radius 1 is 1.10 bits per heavy atom. The first-order valence-corrected chi connectivity index (χ1v) is 10.3. The summed E-state index contributed by atoms with van der Waals surface area (Å²) in [5.74, 6) is -5.18. The Hall–Kier alpha value is -2.33. The highest BCUT2D eigenvalue weighted by molar-refractivity contribution is 5.71. The predicted octanol–water partition coefficient (Wildman–Crippen LogP) is 5.73. The average Bonchev–Trinajstić information content (AvgIpc) is 2.79. The van der Waals surface area contributed by atoms with Crippen molar-refractivity contribution in [3.63, 3.8) is 0 Å². The van der Waals surface area contributed by atoms with Crippen molar-refractivity contribution in [2.24, 2.45) is 5.89 Å². The molecule has 2 rings (SSSR count). The van der Waals surface area contributed by atoms with Gasteiger partial charge in [0, 0.05) is 33.2 Å². The Bertz CT molecular complexity index is 1010. The molecule has 1 atom stereocenters. The van der Waals surface area contributed by atoms with Gasteiger partial charge in [0.1, 0.15) is 12.4 Å². The van der Waals surface area contributed by atoms with Gasteiger partial charge in [-0.25, -0.2) is 0 Å². The van der Waals surface area contributed by atoms with Gasteiger partial charge in [-0.1, -0.05) is 50.1 Å². The van der Waals surface area contributed by atoms with E-state index in [0.717, 1.165) is 12.1 Å². The second kappa shape index (κ2) is 11.2. The lowest BCUT2D eigenvalue weighted by Crippen LogP contribution is -2.38. The first-order valence-electron chi connectivity index (χ1n) is 13.8. The number of carbonyl (C=O) groups excluding carboxylic acids is 1. The van der Waals surface area contributed by atoms with Gasteiger partial charge in [-0.2, -0.15) is 0 Å². The van der Waals surface area contributed by atoms with Crippen LogP contribution in [0.15, 0.2) is 48.5 Å². The van der Waals surface area contributed by atoms with E-state index in [9.17, 15) is 9.90 Å². The van der Waals surface area contributed by atoms with Crippen molar-refractivity contribution in [3.05, 3.63) is 65.2 Å². The van der Waals surface area contributed by atoms with Gasteiger partial charge < -0.3 is 9.84 Å². The minimum atomic E-state index is -3.41. The van der Waals surface area contributed by atoms with Crippen molar-refractivity contribution in [2.75, 3.05) is 6.54 Å². The van der Waals surface area contributed by atoms with Crippen LogP contribution >= 0.6 is 0 Å². The fourth-order valence-electron chi connectivity index (χ4n) is 3.77. The van der Waals surface area contributed by atoms with Crippen molar-refractivity contribution >= 4 is 5.97 Å². The van der Waals surface area contributed by atoms with Crippen molar-refractivity contribution in [1.29, 1.82) is 0 Å². The lowest BCUT2D eigenvalue weighted by molar-refractivity contribution is -0.148. The van der Waals surface area contributed by atoms with E-state index in [1.807, 2.05) is 30.3 Å². The second-order valence-corrected chi connectivity index (χ2v) is 8.02. The van der Waals surface area contributed by atoms with E-state index < -0.39 is 32.2 Å². The molecular formula is C26H37NO3. The van der Waals surface area contributed by atoms with Crippen LogP contribution in [0, 0.1) is 5.89 Å². The normalized spacial score (nSPS) is 17.4. The minimum Gasteiger partial charge on any atom is -0.508 e. The largest absolute Gasteiger partial charge is 0.508 e. The summed E-state index contributed by atoms with van der Waals surface area (Å²) in [6.45, 7) is 2.04. The summed E-state index contributed by atoms with van der Waals surface area (Å²) >= 11 is 0. The van der Waals surface area contributed by atoms with E-state index in [4.69, 9.17) is 14.3 Å². The van der Waals surface area contributed by atoms with Crippen LogP contribution in [-0.4, -0.2) is 34.6 Å². The maximum absolute atomic E-state index is 12.6. The zero-order valence-corrected chi connectivity index (χ0v) is 18.2. The van der Waals surface area contributed by atoms with Crippen LogP contribution in [0.5, 0.6) is 5.75 Å². The quantitative estimate of drug-likeness (QED) is 0.500. The highest BCUT2D eigenvalue weighted by Crippen LogP contribution is 2.35. The summed E-state index contributed by atoms with van der Waals surface area (Å²) in [6, 6.07) is 15.0. The van der Waals surface area contributed by atoms with Gasteiger partial charge in [0.05, 0.1) is 5.89 Å². The van der Waals surface area contributed by atoms with Crippen molar-refractivity contribution in [1.82, 2.24) is 4.90 Å². The van der Waals surface area contributed by atoms with Crippen LogP contribution in [0.1, 0.15) is 80.0 Å². The molecule has 4 heteroatoms. The lowest BCUT2D eigenvalue weighted by Gasteiger charge is -2.32. The summed E-state index contributed by atoms with van der Waals surface area (Å²) in [7, 11) is 0. The van der Waals surface area contributed by atoms with Crippen LogP contribution in [0.3, 0.4) is 0 Å². The molecule has 0 heterocycles. The van der Waals surface area contributed by atoms with Crippen LogP contribution in [0.2, 0.25) is 0 Å². The Morgan fingerprint density at radius 2 is 1.77 bits per heavy atom. The van der Waals surface area contributed by atoms with E-state index >= 15 is 0 Å². The van der Waals surface area contributed by atoms with Gasteiger partial charge in [-0.15, -0.1) is 0 Å². The fraction of sp³-hybridized carbons (Fsp3) is 0.500. The molecule has 0 saturated heterocycles. The van der Waals surface area contributed by atoms with Gasteiger partial charge in [0.15, 0.2) is 0 Å². The molecule has 30 heavy (non-hydrogen) atoms. The SMILES string of the molecule is [2H]C([2H])([2H])C([2H])(C(=O)OCc1ccc(O)c(C(CCN(C(C)C)C(C)C)c2ccccc2)c1)C([2H])([2H])[2H]. The molecule has 4 nitrogen and oxygen atoms in total. The number of aromatic hydroxyl groups is 1. The van der Waals surface area contributed by atoms with E-state index in [0.29, 0.717) is 29.6 Å². The van der Waals surface area contributed by atoms with Gasteiger partial charge >= 0.3 is 5.97 Å². The molecule has 0 aliphatic carbocycles. The van der Waals surface area contributed by atoms with E-state index in [1.165, 1.54) is 12.1 Å². The predicted molar refractivity (Wildman–Crippen MR) is 123 cm³/mol. The summed E-state index contributed by atoms with van der Waals surface area (Å²) in [5.41, 5.74) is 2.04. The number of esters is 1. The first kappa shape index (κ1) is 15.5. The monoisotopic (exact) mass is 418 g/mol. The molecule has 0 aliphatic rings. The number of phenolic OH excluding ortho intramolecular Hbond substituents is 1. The van der Waals surface area contributed by atoms with E-state index in [-0.39, 0.29) is 11.7 Å². The summed E-state index contributed by atoms with van der Waals surface area (Å²) in [5, 5.41) is 10.8. The number of ether oxygens (including phenoxy) is 1. The van der Waals surface area contributed by atoms with Crippen molar-refractivity contribution in [3.8, 4) is 5.75 Å². The minimum absolute atomic E-state index is 0.0596. The molecule has 0 radical (unpaired) electrons. The summed E-state index contributed by atoms with van der Waals surface area (Å²) in [4.78, 5) is 14.9.